The lowest BCUT2D eigenvalue weighted by Gasteiger charge is -1.98. The maximum absolute atomic E-state index is 10.8. The molecule has 0 spiro atoms. The van der Waals surface area contributed by atoms with Crippen molar-refractivity contribution in [3.63, 3.8) is 0 Å². The quantitative estimate of drug-likeness (QED) is 0.553. The van der Waals surface area contributed by atoms with E-state index >= 15 is 0 Å². The molecule has 0 saturated carbocycles. The number of likely N-dealkylation sites (N-methyl/N-ethyl adjacent to an activating group) is 1. The number of allylic oxidation sites excluding steroid dienone is 1. The molecule has 0 atom stereocenters. The fraction of sp³-hybridized carbons (Fsp3) is 0.571. The van der Waals surface area contributed by atoms with Crippen molar-refractivity contribution in [3.05, 3.63) is 11.6 Å². The topological polar surface area (TPSA) is 29.1 Å². The van der Waals surface area contributed by atoms with Gasteiger partial charge in [0.1, 0.15) is 0 Å². The number of hydrogen-bond donors (Lipinski definition) is 1. The highest BCUT2D eigenvalue weighted by atomic mass is 16.1. The Morgan fingerprint density at radius 1 is 1.67 bits per heavy atom. The summed E-state index contributed by atoms with van der Waals surface area (Å²) in [5, 5.41) is 2.69. The van der Waals surface area contributed by atoms with Crippen molar-refractivity contribution in [1.82, 2.24) is 5.32 Å². The standard InChI is InChI=1S/C7H13NO/c1-4-6(3)7(9)8-5-2/h4H,5H2,1-3H3,(H,8,9)/b6-4-. The second kappa shape index (κ2) is 4.13. The minimum atomic E-state index is 0.0278. The third kappa shape index (κ3) is 2.90. The van der Waals surface area contributed by atoms with Crippen molar-refractivity contribution in [3.8, 4) is 0 Å². The van der Waals surface area contributed by atoms with Gasteiger partial charge < -0.3 is 5.32 Å². The maximum atomic E-state index is 10.8. The molecule has 0 aromatic carbocycles. The molecule has 0 aliphatic heterocycles. The van der Waals surface area contributed by atoms with Crippen LogP contribution in [0.3, 0.4) is 0 Å². The smallest absolute Gasteiger partial charge is 0.246 e. The van der Waals surface area contributed by atoms with Gasteiger partial charge in [0.15, 0.2) is 0 Å². The minimum absolute atomic E-state index is 0.0278. The summed E-state index contributed by atoms with van der Waals surface area (Å²) in [6.07, 6.45) is 1.80. The van der Waals surface area contributed by atoms with Gasteiger partial charge in [-0.2, -0.15) is 0 Å². The molecule has 52 valence electrons. The van der Waals surface area contributed by atoms with Crippen molar-refractivity contribution >= 4 is 5.91 Å². The maximum Gasteiger partial charge on any atom is 0.246 e. The van der Waals surface area contributed by atoms with Crippen LogP contribution in [-0.2, 0) is 4.79 Å². The fourth-order valence-corrected chi connectivity index (χ4v) is 0.431. The molecule has 0 rings (SSSR count). The van der Waals surface area contributed by atoms with E-state index in [2.05, 4.69) is 5.32 Å². The Morgan fingerprint density at radius 2 is 2.22 bits per heavy atom. The van der Waals surface area contributed by atoms with E-state index in [0.29, 0.717) is 6.54 Å². The van der Waals surface area contributed by atoms with E-state index in [4.69, 9.17) is 0 Å². The molecule has 0 bridgehead atoms. The number of carbonyl (C=O) groups is 1. The van der Waals surface area contributed by atoms with Gasteiger partial charge in [0, 0.05) is 12.1 Å². The predicted octanol–water partition coefficient (Wildman–Crippen LogP) is 1.09. The molecule has 1 amide bonds. The van der Waals surface area contributed by atoms with Crippen LogP contribution in [0.15, 0.2) is 11.6 Å². The van der Waals surface area contributed by atoms with E-state index in [1.807, 2.05) is 13.8 Å². The zero-order chi connectivity index (χ0) is 7.28. The van der Waals surface area contributed by atoms with Crippen LogP contribution in [0.1, 0.15) is 20.8 Å². The first-order chi connectivity index (χ1) is 4.22. The number of carbonyl (C=O) groups excluding carboxylic acids is 1. The van der Waals surface area contributed by atoms with Crippen LogP contribution in [0.2, 0.25) is 0 Å². The van der Waals surface area contributed by atoms with E-state index in [1.165, 1.54) is 0 Å². The molecule has 0 unspecified atom stereocenters. The molecule has 0 aliphatic rings. The van der Waals surface area contributed by atoms with Crippen LogP contribution in [0.4, 0.5) is 0 Å². The molecule has 1 N–H and O–H groups in total. The first kappa shape index (κ1) is 8.21. The first-order valence-corrected chi connectivity index (χ1v) is 3.13. The Bertz CT molecular complexity index is 127. The third-order valence-electron chi connectivity index (χ3n) is 1.13. The molecule has 0 heterocycles. The lowest BCUT2D eigenvalue weighted by Crippen LogP contribution is -2.23. The van der Waals surface area contributed by atoms with Crippen LogP contribution < -0.4 is 5.32 Å². The van der Waals surface area contributed by atoms with Gasteiger partial charge in [0.2, 0.25) is 5.91 Å². The summed E-state index contributed by atoms with van der Waals surface area (Å²) < 4.78 is 0. The lowest BCUT2D eigenvalue weighted by atomic mass is 10.3. The molecule has 0 aromatic heterocycles. The van der Waals surface area contributed by atoms with Crippen LogP contribution in [0, 0.1) is 0 Å². The highest BCUT2D eigenvalue weighted by Gasteiger charge is 1.97. The van der Waals surface area contributed by atoms with E-state index in [1.54, 1.807) is 13.0 Å². The lowest BCUT2D eigenvalue weighted by molar-refractivity contribution is -0.117. The Labute approximate surface area is 56.0 Å². The van der Waals surface area contributed by atoms with Crippen LogP contribution in [0.25, 0.3) is 0 Å². The molecule has 0 radical (unpaired) electrons. The largest absolute Gasteiger partial charge is 0.353 e. The molecule has 2 heteroatoms. The van der Waals surface area contributed by atoms with E-state index in [-0.39, 0.29) is 5.91 Å². The normalized spacial score (nSPS) is 11.2. The summed E-state index contributed by atoms with van der Waals surface area (Å²) in [6, 6.07) is 0. The van der Waals surface area contributed by atoms with Gasteiger partial charge in [0.25, 0.3) is 0 Å². The molecule has 0 aliphatic carbocycles. The van der Waals surface area contributed by atoms with Crippen molar-refractivity contribution in [2.75, 3.05) is 6.54 Å². The monoisotopic (exact) mass is 127 g/mol. The van der Waals surface area contributed by atoms with Gasteiger partial charge in [-0.15, -0.1) is 0 Å². The first-order valence-electron chi connectivity index (χ1n) is 3.13. The van der Waals surface area contributed by atoms with Gasteiger partial charge >= 0.3 is 0 Å². The van der Waals surface area contributed by atoms with Gasteiger partial charge in [-0.3, -0.25) is 4.79 Å². The van der Waals surface area contributed by atoms with Crippen LogP contribution >= 0.6 is 0 Å². The third-order valence-corrected chi connectivity index (χ3v) is 1.13. The molecule has 0 saturated heterocycles. The van der Waals surface area contributed by atoms with Crippen LogP contribution in [-0.4, -0.2) is 12.5 Å². The van der Waals surface area contributed by atoms with Crippen LogP contribution in [0.5, 0.6) is 0 Å². The second-order valence-electron chi connectivity index (χ2n) is 1.83. The molecule has 0 aromatic rings. The number of hydrogen-bond acceptors (Lipinski definition) is 1. The van der Waals surface area contributed by atoms with Crippen molar-refractivity contribution < 1.29 is 4.79 Å². The molecular formula is C7H13NO. The number of rotatable bonds is 2. The SMILES string of the molecule is C/C=C(/C)C(=O)NCC. The Balaban J connectivity index is 3.74. The van der Waals surface area contributed by atoms with Crippen molar-refractivity contribution in [2.24, 2.45) is 0 Å². The Hall–Kier alpha value is -0.790. The number of nitrogens with one attached hydrogen (secondary N) is 1. The summed E-state index contributed by atoms with van der Waals surface area (Å²) in [6.45, 7) is 6.25. The summed E-state index contributed by atoms with van der Waals surface area (Å²) in [5.74, 6) is 0.0278. The molecular weight excluding hydrogens is 114 g/mol. The van der Waals surface area contributed by atoms with E-state index in [0.717, 1.165) is 5.57 Å². The summed E-state index contributed by atoms with van der Waals surface area (Å²) in [7, 11) is 0. The highest BCUT2D eigenvalue weighted by molar-refractivity contribution is 5.92. The Morgan fingerprint density at radius 3 is 2.56 bits per heavy atom. The zero-order valence-electron chi connectivity index (χ0n) is 6.19. The fourth-order valence-electron chi connectivity index (χ4n) is 0.431. The minimum Gasteiger partial charge on any atom is -0.353 e. The highest BCUT2D eigenvalue weighted by Crippen LogP contribution is 1.89. The summed E-state index contributed by atoms with van der Waals surface area (Å²) >= 11 is 0. The molecule has 9 heavy (non-hydrogen) atoms. The van der Waals surface area contributed by atoms with Crippen molar-refractivity contribution in [1.29, 1.82) is 0 Å². The van der Waals surface area contributed by atoms with Gasteiger partial charge in [-0.25, -0.2) is 0 Å². The summed E-state index contributed by atoms with van der Waals surface area (Å²) in [4.78, 5) is 10.8. The van der Waals surface area contributed by atoms with Gasteiger partial charge in [0.05, 0.1) is 0 Å². The van der Waals surface area contributed by atoms with Gasteiger partial charge in [-0.1, -0.05) is 6.08 Å². The number of amides is 1. The zero-order valence-corrected chi connectivity index (χ0v) is 6.19. The summed E-state index contributed by atoms with van der Waals surface area (Å²) in [5.41, 5.74) is 0.775. The van der Waals surface area contributed by atoms with Gasteiger partial charge in [-0.05, 0) is 20.8 Å². The van der Waals surface area contributed by atoms with E-state index < -0.39 is 0 Å². The average Bonchev–Trinajstić information content (AvgIpc) is 1.87. The second-order valence-corrected chi connectivity index (χ2v) is 1.83. The predicted molar refractivity (Wildman–Crippen MR) is 38.1 cm³/mol. The Kier molecular flexibility index (Phi) is 3.76. The average molecular weight is 127 g/mol. The molecule has 0 fully saturated rings. The molecule has 2 nitrogen and oxygen atoms in total. The van der Waals surface area contributed by atoms with Crippen molar-refractivity contribution in [2.45, 2.75) is 20.8 Å². The van der Waals surface area contributed by atoms with E-state index in [9.17, 15) is 4.79 Å².